The lowest BCUT2D eigenvalue weighted by molar-refractivity contribution is 0.321. The lowest BCUT2D eigenvalue weighted by atomic mass is 10.2. The van der Waals surface area contributed by atoms with Crippen molar-refractivity contribution in [2.75, 3.05) is 24.3 Å². The van der Waals surface area contributed by atoms with E-state index in [1.165, 1.54) is 12.4 Å². The summed E-state index contributed by atoms with van der Waals surface area (Å²) in [5.41, 5.74) is 1.37. The molecule has 0 fully saturated rings. The molecule has 0 atom stereocenters. The molecule has 112 valence electrons. The summed E-state index contributed by atoms with van der Waals surface area (Å²) in [4.78, 5) is 7.99. The lowest BCUT2D eigenvalue weighted by Crippen LogP contribution is -2.06. The van der Waals surface area contributed by atoms with Crippen LogP contribution in [0.1, 0.15) is 12.5 Å². The third-order valence-corrected chi connectivity index (χ3v) is 3.09. The molecule has 21 heavy (non-hydrogen) atoms. The molecule has 2 N–H and O–H groups in total. The summed E-state index contributed by atoms with van der Waals surface area (Å²) in [5, 5.41) is 6.35. The number of benzene rings is 1. The van der Waals surface area contributed by atoms with E-state index in [4.69, 9.17) is 16.3 Å². The van der Waals surface area contributed by atoms with Gasteiger partial charge >= 0.3 is 0 Å². The number of rotatable bonds is 6. The van der Waals surface area contributed by atoms with Gasteiger partial charge in [-0.05, 0) is 24.6 Å². The molecule has 7 heteroatoms. The smallest absolute Gasteiger partial charge is 0.165 e. The molecular formula is C14H16ClFN4O. The van der Waals surface area contributed by atoms with E-state index in [1.54, 1.807) is 19.2 Å². The van der Waals surface area contributed by atoms with E-state index in [2.05, 4.69) is 20.6 Å². The zero-order chi connectivity index (χ0) is 15.2. The van der Waals surface area contributed by atoms with Crippen LogP contribution in [0.2, 0.25) is 5.15 Å². The summed E-state index contributed by atoms with van der Waals surface area (Å²) in [7, 11) is 1.73. The SMILES string of the molecule is CCOc1ccc(CNc2ncnc(Cl)c2NC)cc1F. The molecule has 0 saturated heterocycles. The molecule has 0 aliphatic heterocycles. The first kappa shape index (κ1) is 15.3. The van der Waals surface area contributed by atoms with Crippen molar-refractivity contribution in [1.29, 1.82) is 0 Å². The van der Waals surface area contributed by atoms with Gasteiger partial charge in [0.1, 0.15) is 12.0 Å². The average molecular weight is 311 g/mol. The van der Waals surface area contributed by atoms with Crippen LogP contribution in [0.5, 0.6) is 5.75 Å². The fourth-order valence-corrected chi connectivity index (χ4v) is 2.06. The van der Waals surface area contributed by atoms with E-state index in [1.807, 2.05) is 6.92 Å². The van der Waals surface area contributed by atoms with Gasteiger partial charge in [-0.25, -0.2) is 14.4 Å². The van der Waals surface area contributed by atoms with Gasteiger partial charge < -0.3 is 15.4 Å². The van der Waals surface area contributed by atoms with Gasteiger partial charge in [-0.3, -0.25) is 0 Å². The standard InChI is InChI=1S/C14H16ClFN4O/c1-3-21-11-5-4-9(6-10(11)16)7-18-14-12(17-2)13(15)19-8-20-14/h4-6,8,17H,3,7H2,1-2H3,(H,18,19,20). The van der Waals surface area contributed by atoms with Gasteiger partial charge in [0.05, 0.1) is 6.61 Å². The largest absolute Gasteiger partial charge is 0.491 e. The Labute approximate surface area is 127 Å². The van der Waals surface area contributed by atoms with Crippen LogP contribution in [0, 0.1) is 5.82 Å². The van der Waals surface area contributed by atoms with Gasteiger partial charge in [0, 0.05) is 13.6 Å². The molecule has 0 spiro atoms. The molecule has 0 bridgehead atoms. The molecule has 0 radical (unpaired) electrons. The summed E-state index contributed by atoms with van der Waals surface area (Å²) in [6.45, 7) is 2.65. The van der Waals surface area contributed by atoms with Crippen molar-refractivity contribution in [3.63, 3.8) is 0 Å². The summed E-state index contributed by atoms with van der Waals surface area (Å²) in [6, 6.07) is 4.84. The molecule has 0 aliphatic carbocycles. The van der Waals surface area contributed by atoms with Crippen LogP contribution in [-0.4, -0.2) is 23.6 Å². The van der Waals surface area contributed by atoms with E-state index in [0.29, 0.717) is 29.8 Å². The van der Waals surface area contributed by atoms with Crippen molar-refractivity contribution < 1.29 is 9.13 Å². The van der Waals surface area contributed by atoms with Gasteiger partial charge in [0.2, 0.25) is 0 Å². The van der Waals surface area contributed by atoms with Crippen LogP contribution in [0.25, 0.3) is 0 Å². The monoisotopic (exact) mass is 310 g/mol. The highest BCUT2D eigenvalue weighted by atomic mass is 35.5. The van der Waals surface area contributed by atoms with Crippen molar-refractivity contribution in [1.82, 2.24) is 9.97 Å². The first-order chi connectivity index (χ1) is 10.2. The second-order valence-electron chi connectivity index (χ2n) is 4.19. The number of nitrogens with one attached hydrogen (secondary N) is 2. The summed E-state index contributed by atoms with van der Waals surface area (Å²) in [6.07, 6.45) is 1.37. The molecule has 1 aromatic heterocycles. The van der Waals surface area contributed by atoms with Crippen molar-refractivity contribution in [3.8, 4) is 5.75 Å². The quantitative estimate of drug-likeness (QED) is 0.802. The Balaban J connectivity index is 2.10. The Morgan fingerprint density at radius 1 is 1.33 bits per heavy atom. The van der Waals surface area contributed by atoms with E-state index >= 15 is 0 Å². The molecule has 0 aliphatic rings. The number of hydrogen-bond acceptors (Lipinski definition) is 5. The minimum atomic E-state index is -0.384. The Hall–Kier alpha value is -2.08. The molecule has 5 nitrogen and oxygen atoms in total. The fraction of sp³-hybridized carbons (Fsp3) is 0.286. The van der Waals surface area contributed by atoms with E-state index < -0.39 is 0 Å². The maximum Gasteiger partial charge on any atom is 0.165 e. The third-order valence-electron chi connectivity index (χ3n) is 2.81. The number of hydrogen-bond donors (Lipinski definition) is 2. The van der Waals surface area contributed by atoms with E-state index in [0.717, 1.165) is 5.56 Å². The minimum Gasteiger partial charge on any atom is -0.491 e. The second-order valence-corrected chi connectivity index (χ2v) is 4.55. The number of halogens is 2. The molecule has 0 saturated carbocycles. The number of nitrogens with zero attached hydrogens (tertiary/aromatic N) is 2. The summed E-state index contributed by atoms with van der Waals surface area (Å²) >= 11 is 5.96. The van der Waals surface area contributed by atoms with Gasteiger partial charge in [-0.1, -0.05) is 17.7 Å². The molecule has 1 aromatic carbocycles. The number of ether oxygens (including phenoxy) is 1. The van der Waals surface area contributed by atoms with Gasteiger partial charge in [-0.15, -0.1) is 0 Å². The highest BCUT2D eigenvalue weighted by molar-refractivity contribution is 6.32. The zero-order valence-electron chi connectivity index (χ0n) is 11.8. The average Bonchev–Trinajstić information content (AvgIpc) is 2.48. The Kier molecular flexibility index (Phi) is 5.16. The van der Waals surface area contributed by atoms with E-state index in [9.17, 15) is 4.39 Å². The van der Waals surface area contributed by atoms with E-state index in [-0.39, 0.29) is 11.6 Å². The van der Waals surface area contributed by atoms with Crippen molar-refractivity contribution in [3.05, 3.63) is 41.1 Å². The van der Waals surface area contributed by atoms with Crippen molar-refractivity contribution >= 4 is 23.1 Å². The van der Waals surface area contributed by atoms with Crippen LogP contribution in [-0.2, 0) is 6.54 Å². The number of aromatic nitrogens is 2. The van der Waals surface area contributed by atoms with Crippen molar-refractivity contribution in [2.24, 2.45) is 0 Å². The Bertz CT molecular complexity index is 624. The van der Waals surface area contributed by atoms with Crippen LogP contribution >= 0.6 is 11.6 Å². The van der Waals surface area contributed by atoms with Gasteiger partial charge in [0.15, 0.2) is 22.5 Å². The van der Waals surface area contributed by atoms with Gasteiger partial charge in [0.25, 0.3) is 0 Å². The Morgan fingerprint density at radius 2 is 2.14 bits per heavy atom. The Morgan fingerprint density at radius 3 is 2.81 bits per heavy atom. The number of anilines is 2. The van der Waals surface area contributed by atoms with Crippen LogP contribution in [0.4, 0.5) is 15.9 Å². The molecule has 0 amide bonds. The second kappa shape index (κ2) is 7.08. The van der Waals surface area contributed by atoms with Crippen LogP contribution in [0.15, 0.2) is 24.5 Å². The highest BCUT2D eigenvalue weighted by Gasteiger charge is 2.09. The molecule has 2 aromatic rings. The maximum absolute atomic E-state index is 13.8. The normalized spacial score (nSPS) is 10.3. The topological polar surface area (TPSA) is 59.1 Å². The molecule has 2 rings (SSSR count). The van der Waals surface area contributed by atoms with Crippen LogP contribution in [0.3, 0.4) is 0 Å². The van der Waals surface area contributed by atoms with Gasteiger partial charge in [-0.2, -0.15) is 0 Å². The minimum absolute atomic E-state index is 0.252. The first-order valence-corrected chi connectivity index (χ1v) is 6.86. The predicted octanol–water partition coefficient (Wildman–Crippen LogP) is 3.32. The summed E-state index contributed by atoms with van der Waals surface area (Å²) in [5.74, 6) is 0.430. The molecule has 0 unspecified atom stereocenters. The highest BCUT2D eigenvalue weighted by Crippen LogP contribution is 2.26. The zero-order valence-corrected chi connectivity index (χ0v) is 12.5. The fourth-order valence-electron chi connectivity index (χ4n) is 1.83. The van der Waals surface area contributed by atoms with Crippen molar-refractivity contribution in [2.45, 2.75) is 13.5 Å². The maximum atomic E-state index is 13.8. The molecular weight excluding hydrogens is 295 g/mol. The first-order valence-electron chi connectivity index (χ1n) is 6.49. The molecule has 1 heterocycles. The third kappa shape index (κ3) is 3.72. The lowest BCUT2D eigenvalue weighted by Gasteiger charge is -2.12. The summed E-state index contributed by atoms with van der Waals surface area (Å²) < 4.78 is 18.9. The predicted molar refractivity (Wildman–Crippen MR) is 81.5 cm³/mol. The van der Waals surface area contributed by atoms with Crippen LogP contribution < -0.4 is 15.4 Å².